The number of ether oxygens (including phenoxy) is 2. The van der Waals surface area contributed by atoms with Crippen LogP contribution in [-0.2, 0) is 10.0 Å². The number of hydrogen-bond acceptors (Lipinski definition) is 5. The van der Waals surface area contributed by atoms with Gasteiger partial charge in [-0.25, -0.2) is 13.1 Å². The number of para-hydroxylation sites is 1. The second-order valence-corrected chi connectivity index (χ2v) is 7.04. The Kier molecular flexibility index (Phi) is 5.58. The van der Waals surface area contributed by atoms with Crippen LogP contribution in [0.5, 0.6) is 11.5 Å². The monoisotopic (exact) mass is 389 g/mol. The van der Waals surface area contributed by atoms with Crippen molar-refractivity contribution in [2.24, 2.45) is 0 Å². The van der Waals surface area contributed by atoms with E-state index >= 15 is 0 Å². The number of carbonyl (C=O) groups excluding carboxylic acids is 1. The average molecular weight is 390 g/mol. The van der Waals surface area contributed by atoms with Crippen molar-refractivity contribution in [3.8, 4) is 11.5 Å². The summed E-state index contributed by atoms with van der Waals surface area (Å²) in [5.41, 5.74) is -0.00132. The van der Waals surface area contributed by atoms with Crippen LogP contribution in [0.15, 0.2) is 41.3 Å². The van der Waals surface area contributed by atoms with E-state index in [1.807, 2.05) is 4.72 Å². The Morgan fingerprint density at radius 3 is 2.42 bits per heavy atom. The van der Waals surface area contributed by atoms with Crippen molar-refractivity contribution in [1.82, 2.24) is 4.72 Å². The Morgan fingerprint density at radius 1 is 1.08 bits per heavy atom. The molecule has 0 aliphatic carbocycles. The summed E-state index contributed by atoms with van der Waals surface area (Å²) in [6.07, 6.45) is 0. The summed E-state index contributed by atoms with van der Waals surface area (Å²) in [5.74, 6) is -0.477. The zero-order valence-electron chi connectivity index (χ0n) is 12.7. The van der Waals surface area contributed by atoms with Gasteiger partial charge in [-0.2, -0.15) is 0 Å². The van der Waals surface area contributed by atoms with Crippen LogP contribution in [0.3, 0.4) is 0 Å². The molecule has 2 aromatic carbocycles. The highest BCUT2D eigenvalue weighted by Crippen LogP contribution is 2.31. The fourth-order valence-electron chi connectivity index (χ4n) is 1.98. The number of rotatable bonds is 5. The van der Waals surface area contributed by atoms with Gasteiger partial charge in [0.05, 0.1) is 24.8 Å². The van der Waals surface area contributed by atoms with Gasteiger partial charge in [-0.3, -0.25) is 4.79 Å². The number of carbonyl (C=O) groups is 1. The third-order valence-corrected chi connectivity index (χ3v) is 5.11. The van der Waals surface area contributed by atoms with E-state index in [0.29, 0.717) is 5.75 Å². The molecule has 2 aromatic rings. The Hall–Kier alpha value is -1.96. The molecule has 0 heterocycles. The largest absolute Gasteiger partial charge is 0.493 e. The molecule has 0 aliphatic rings. The van der Waals surface area contributed by atoms with Crippen molar-refractivity contribution in [3.05, 3.63) is 52.0 Å². The summed E-state index contributed by atoms with van der Waals surface area (Å²) in [6.45, 7) is 0. The lowest BCUT2D eigenvalue weighted by atomic mass is 10.2. The predicted molar refractivity (Wildman–Crippen MR) is 90.7 cm³/mol. The molecule has 2 rings (SSSR count). The summed E-state index contributed by atoms with van der Waals surface area (Å²) < 4.78 is 36.9. The second kappa shape index (κ2) is 7.29. The van der Waals surface area contributed by atoms with Gasteiger partial charge in [0.1, 0.15) is 4.90 Å². The summed E-state index contributed by atoms with van der Waals surface area (Å²) in [7, 11) is -1.47. The van der Waals surface area contributed by atoms with E-state index < -0.39 is 15.9 Å². The fourth-order valence-corrected chi connectivity index (χ4v) is 3.71. The van der Waals surface area contributed by atoms with Gasteiger partial charge in [-0.1, -0.05) is 29.3 Å². The molecule has 0 saturated carbocycles. The molecule has 0 radical (unpaired) electrons. The Morgan fingerprint density at radius 2 is 1.79 bits per heavy atom. The third kappa shape index (κ3) is 3.75. The molecule has 9 heteroatoms. The topological polar surface area (TPSA) is 81.7 Å². The van der Waals surface area contributed by atoms with Crippen LogP contribution in [0, 0.1) is 0 Å². The first kappa shape index (κ1) is 18.4. The first-order valence-electron chi connectivity index (χ1n) is 6.53. The van der Waals surface area contributed by atoms with Crippen LogP contribution in [0.25, 0.3) is 0 Å². The highest BCUT2D eigenvalue weighted by Gasteiger charge is 2.24. The average Bonchev–Trinajstić information content (AvgIpc) is 2.55. The molecule has 0 unspecified atom stereocenters. The van der Waals surface area contributed by atoms with Crippen LogP contribution < -0.4 is 14.2 Å². The van der Waals surface area contributed by atoms with Gasteiger partial charge in [-0.05, 0) is 30.3 Å². The van der Waals surface area contributed by atoms with E-state index in [1.54, 1.807) is 6.07 Å². The van der Waals surface area contributed by atoms with Gasteiger partial charge in [0.15, 0.2) is 11.5 Å². The van der Waals surface area contributed by atoms with Crippen LogP contribution in [-0.4, -0.2) is 28.5 Å². The molecule has 1 amide bonds. The summed E-state index contributed by atoms with van der Waals surface area (Å²) >= 11 is 11.7. The fraction of sp³-hybridized carbons (Fsp3) is 0.133. The summed E-state index contributed by atoms with van der Waals surface area (Å²) in [5, 5.41) is 0.114. The van der Waals surface area contributed by atoms with Gasteiger partial charge in [0, 0.05) is 5.02 Å². The van der Waals surface area contributed by atoms with E-state index in [-0.39, 0.29) is 26.3 Å². The first-order valence-corrected chi connectivity index (χ1v) is 8.77. The number of methoxy groups -OCH3 is 2. The molecule has 0 aromatic heterocycles. The van der Waals surface area contributed by atoms with Gasteiger partial charge in [0.25, 0.3) is 15.9 Å². The molecule has 0 fully saturated rings. The van der Waals surface area contributed by atoms with Crippen molar-refractivity contribution >= 4 is 39.1 Å². The normalized spacial score (nSPS) is 11.0. The predicted octanol–water partition coefficient (Wildman–Crippen LogP) is 3.13. The summed E-state index contributed by atoms with van der Waals surface area (Å²) in [4.78, 5) is 12.1. The smallest absolute Gasteiger partial charge is 0.268 e. The van der Waals surface area contributed by atoms with E-state index in [0.717, 1.165) is 6.07 Å². The Labute approximate surface area is 149 Å². The van der Waals surface area contributed by atoms with Crippen molar-refractivity contribution < 1.29 is 22.7 Å². The third-order valence-electron chi connectivity index (χ3n) is 3.06. The lowest BCUT2D eigenvalue weighted by molar-refractivity contribution is 0.0978. The zero-order valence-corrected chi connectivity index (χ0v) is 15.0. The molecule has 0 bridgehead atoms. The molecule has 0 atom stereocenters. The second-order valence-electron chi connectivity index (χ2n) is 4.55. The number of amides is 1. The number of hydrogen-bond donors (Lipinski definition) is 1. The van der Waals surface area contributed by atoms with Gasteiger partial charge in [0.2, 0.25) is 0 Å². The number of benzene rings is 2. The quantitative estimate of drug-likeness (QED) is 0.849. The molecule has 128 valence electrons. The molecule has 0 saturated heterocycles. The minimum atomic E-state index is -4.22. The van der Waals surface area contributed by atoms with Crippen LogP contribution >= 0.6 is 23.2 Å². The van der Waals surface area contributed by atoms with E-state index in [2.05, 4.69) is 0 Å². The maximum absolute atomic E-state index is 12.4. The van der Waals surface area contributed by atoms with Crippen LogP contribution in [0.2, 0.25) is 10.0 Å². The zero-order chi connectivity index (χ0) is 17.9. The van der Waals surface area contributed by atoms with Crippen LogP contribution in [0.4, 0.5) is 0 Å². The highest BCUT2D eigenvalue weighted by molar-refractivity contribution is 7.90. The molecule has 0 spiro atoms. The number of sulfonamides is 1. The van der Waals surface area contributed by atoms with Crippen molar-refractivity contribution in [2.75, 3.05) is 14.2 Å². The number of nitrogens with one attached hydrogen (secondary N) is 1. The molecule has 1 N–H and O–H groups in total. The van der Waals surface area contributed by atoms with E-state index in [4.69, 9.17) is 32.7 Å². The standard InChI is InChI=1S/C15H13Cl2NO5S/c1-22-12-5-3-4-10(14(12)23-2)15(19)18-24(20,21)13-8-9(16)6-7-11(13)17/h3-8H,1-2H3,(H,18,19). The van der Waals surface area contributed by atoms with E-state index in [1.165, 1.54) is 38.5 Å². The summed E-state index contributed by atoms with van der Waals surface area (Å²) in [6, 6.07) is 8.45. The van der Waals surface area contributed by atoms with Crippen molar-refractivity contribution in [3.63, 3.8) is 0 Å². The molecular weight excluding hydrogens is 377 g/mol. The molecular formula is C15H13Cl2NO5S. The molecule has 6 nitrogen and oxygen atoms in total. The number of halogens is 2. The lowest BCUT2D eigenvalue weighted by Crippen LogP contribution is -2.31. The van der Waals surface area contributed by atoms with E-state index in [9.17, 15) is 13.2 Å². The SMILES string of the molecule is COc1cccc(C(=O)NS(=O)(=O)c2cc(Cl)ccc2Cl)c1OC. The van der Waals surface area contributed by atoms with Gasteiger partial charge >= 0.3 is 0 Å². The Bertz CT molecular complexity index is 883. The minimum absolute atomic E-state index is 0.00132. The molecule has 0 aliphatic heterocycles. The minimum Gasteiger partial charge on any atom is -0.493 e. The van der Waals surface area contributed by atoms with Crippen LogP contribution in [0.1, 0.15) is 10.4 Å². The highest BCUT2D eigenvalue weighted by atomic mass is 35.5. The van der Waals surface area contributed by atoms with Gasteiger partial charge in [-0.15, -0.1) is 0 Å². The first-order chi connectivity index (χ1) is 11.3. The maximum atomic E-state index is 12.4. The maximum Gasteiger partial charge on any atom is 0.268 e. The van der Waals surface area contributed by atoms with Gasteiger partial charge < -0.3 is 9.47 Å². The lowest BCUT2D eigenvalue weighted by Gasteiger charge is -2.13. The Balaban J connectivity index is 2.41. The molecule has 24 heavy (non-hydrogen) atoms. The van der Waals surface area contributed by atoms with Crippen molar-refractivity contribution in [1.29, 1.82) is 0 Å². The van der Waals surface area contributed by atoms with Crippen molar-refractivity contribution in [2.45, 2.75) is 4.90 Å².